The van der Waals surface area contributed by atoms with Gasteiger partial charge in [0, 0.05) is 24.0 Å². The highest BCUT2D eigenvalue weighted by atomic mass is 79.9. The number of halogens is 1. The summed E-state index contributed by atoms with van der Waals surface area (Å²) in [6.07, 6.45) is 3.87. The Hall–Kier alpha value is -1.69. The van der Waals surface area contributed by atoms with E-state index in [1.54, 1.807) is 17.2 Å². The van der Waals surface area contributed by atoms with E-state index in [1.807, 2.05) is 29.2 Å². The Morgan fingerprint density at radius 3 is 2.68 bits per heavy atom. The molecule has 1 aliphatic heterocycles. The summed E-state index contributed by atoms with van der Waals surface area (Å²) in [5, 5.41) is 9.05. The number of aromatic nitrogens is 3. The summed E-state index contributed by atoms with van der Waals surface area (Å²) in [6, 6.07) is 7.73. The van der Waals surface area contributed by atoms with Gasteiger partial charge in [-0.3, -0.25) is 4.79 Å². The molecule has 1 aromatic carbocycles. The quantitative estimate of drug-likeness (QED) is 0.813. The van der Waals surface area contributed by atoms with E-state index < -0.39 is 0 Å². The molecule has 1 amide bonds. The third kappa shape index (κ3) is 2.40. The van der Waals surface area contributed by atoms with Crippen LogP contribution in [0, 0.1) is 5.92 Å². The Bertz CT molecular complexity index is 584. The van der Waals surface area contributed by atoms with Gasteiger partial charge in [0.2, 0.25) is 5.91 Å². The topological polar surface area (TPSA) is 51.0 Å². The van der Waals surface area contributed by atoms with Crippen molar-refractivity contribution in [2.24, 2.45) is 5.92 Å². The Morgan fingerprint density at radius 1 is 1.26 bits per heavy atom. The smallest absolute Gasteiger partial charge is 0.227 e. The lowest BCUT2D eigenvalue weighted by Gasteiger charge is -2.17. The average molecular weight is 321 g/mol. The summed E-state index contributed by atoms with van der Waals surface area (Å²) >= 11 is 3.45. The second-order valence-corrected chi connectivity index (χ2v) is 5.21. The fourth-order valence-electron chi connectivity index (χ4n) is 2.27. The summed E-state index contributed by atoms with van der Waals surface area (Å²) in [5.41, 5.74) is 1.76. The van der Waals surface area contributed by atoms with Crippen LogP contribution in [0.15, 0.2) is 36.7 Å². The van der Waals surface area contributed by atoms with Crippen molar-refractivity contribution in [3.8, 4) is 5.69 Å². The summed E-state index contributed by atoms with van der Waals surface area (Å²) in [4.78, 5) is 15.4. The van der Waals surface area contributed by atoms with Crippen LogP contribution in [0.3, 0.4) is 0 Å². The van der Waals surface area contributed by atoms with Crippen LogP contribution >= 0.6 is 15.9 Å². The van der Waals surface area contributed by atoms with Crippen molar-refractivity contribution >= 4 is 27.5 Å². The highest BCUT2D eigenvalue weighted by molar-refractivity contribution is 9.09. The Balaban J connectivity index is 1.90. The molecule has 98 valence electrons. The second kappa shape index (κ2) is 5.13. The molecule has 5 nitrogen and oxygen atoms in total. The number of anilines is 1. The van der Waals surface area contributed by atoms with Gasteiger partial charge in [-0.15, -0.1) is 0 Å². The summed E-state index contributed by atoms with van der Waals surface area (Å²) in [7, 11) is 0. The predicted octanol–water partition coefficient (Wildman–Crippen LogP) is 2.02. The number of benzene rings is 1. The lowest BCUT2D eigenvalue weighted by molar-refractivity contribution is -0.117. The first-order chi connectivity index (χ1) is 9.28. The largest absolute Gasteiger partial charge is 0.312 e. The summed E-state index contributed by atoms with van der Waals surface area (Å²) in [5.74, 6) is 0.564. The maximum atomic E-state index is 12.0. The zero-order chi connectivity index (χ0) is 13.2. The van der Waals surface area contributed by atoms with Gasteiger partial charge in [-0.05, 0) is 24.1 Å². The number of nitrogens with zero attached hydrogens (tertiary/aromatic N) is 4. The van der Waals surface area contributed by atoms with Gasteiger partial charge in [0.25, 0.3) is 0 Å². The van der Waals surface area contributed by atoms with Gasteiger partial charge in [0.1, 0.15) is 0 Å². The van der Waals surface area contributed by atoms with Crippen molar-refractivity contribution in [3.63, 3.8) is 0 Å². The molecule has 3 rings (SSSR count). The minimum absolute atomic E-state index is 0.176. The standard InChI is InChI=1S/C13H13BrN4O/c14-8-10-6-13(19)17(9-10)11-2-1-3-12(7-11)18-15-4-5-16-18/h1-5,7,10H,6,8-9H2. The van der Waals surface area contributed by atoms with Crippen molar-refractivity contribution in [1.82, 2.24) is 15.0 Å². The molecular formula is C13H13BrN4O. The number of amides is 1. The van der Waals surface area contributed by atoms with Crippen LogP contribution < -0.4 is 4.90 Å². The van der Waals surface area contributed by atoms with Crippen molar-refractivity contribution < 1.29 is 4.79 Å². The number of carbonyl (C=O) groups is 1. The molecule has 0 aliphatic carbocycles. The van der Waals surface area contributed by atoms with E-state index in [1.165, 1.54) is 0 Å². The number of hydrogen-bond donors (Lipinski definition) is 0. The molecule has 0 saturated carbocycles. The number of rotatable bonds is 3. The Labute approximate surface area is 119 Å². The third-order valence-electron chi connectivity index (χ3n) is 3.21. The number of alkyl halides is 1. The SMILES string of the molecule is O=C1CC(CBr)CN1c1cccc(-n2nccn2)c1. The molecule has 0 spiro atoms. The first kappa shape index (κ1) is 12.3. The number of hydrogen-bond acceptors (Lipinski definition) is 3. The molecule has 0 bridgehead atoms. The molecule has 1 saturated heterocycles. The molecule has 2 aromatic rings. The van der Waals surface area contributed by atoms with Crippen LogP contribution in [0.4, 0.5) is 5.69 Å². The highest BCUT2D eigenvalue weighted by Crippen LogP contribution is 2.27. The van der Waals surface area contributed by atoms with Crippen LogP contribution in [0.1, 0.15) is 6.42 Å². The minimum atomic E-state index is 0.176. The van der Waals surface area contributed by atoms with Gasteiger partial charge in [-0.25, -0.2) is 0 Å². The molecule has 2 heterocycles. The van der Waals surface area contributed by atoms with Gasteiger partial charge in [0.05, 0.1) is 18.1 Å². The lowest BCUT2D eigenvalue weighted by atomic mass is 10.2. The van der Waals surface area contributed by atoms with Crippen molar-refractivity contribution in [3.05, 3.63) is 36.7 Å². The van der Waals surface area contributed by atoms with Gasteiger partial charge < -0.3 is 4.90 Å². The normalized spacial score (nSPS) is 19.1. The van der Waals surface area contributed by atoms with Crippen molar-refractivity contribution in [2.45, 2.75) is 6.42 Å². The average Bonchev–Trinajstić information content (AvgIpc) is 3.08. The molecule has 1 fully saturated rings. The zero-order valence-electron chi connectivity index (χ0n) is 10.2. The van der Waals surface area contributed by atoms with Gasteiger partial charge in [-0.1, -0.05) is 22.0 Å². The maximum absolute atomic E-state index is 12.0. The second-order valence-electron chi connectivity index (χ2n) is 4.57. The van der Waals surface area contributed by atoms with E-state index in [2.05, 4.69) is 26.1 Å². The van der Waals surface area contributed by atoms with Crippen LogP contribution in [0.2, 0.25) is 0 Å². The number of carbonyl (C=O) groups excluding carboxylic acids is 1. The van der Waals surface area contributed by atoms with E-state index in [-0.39, 0.29) is 5.91 Å². The molecule has 0 N–H and O–H groups in total. The maximum Gasteiger partial charge on any atom is 0.227 e. The summed E-state index contributed by atoms with van der Waals surface area (Å²) in [6.45, 7) is 0.764. The molecule has 19 heavy (non-hydrogen) atoms. The fraction of sp³-hybridized carbons (Fsp3) is 0.308. The van der Waals surface area contributed by atoms with E-state index in [0.717, 1.165) is 23.2 Å². The molecule has 1 unspecified atom stereocenters. The van der Waals surface area contributed by atoms with Gasteiger partial charge >= 0.3 is 0 Å². The monoisotopic (exact) mass is 320 g/mol. The third-order valence-corrected chi connectivity index (χ3v) is 4.13. The molecule has 6 heteroatoms. The Kier molecular flexibility index (Phi) is 3.33. The zero-order valence-corrected chi connectivity index (χ0v) is 11.8. The first-order valence-corrected chi connectivity index (χ1v) is 7.23. The molecule has 1 aromatic heterocycles. The molecule has 1 atom stereocenters. The molecular weight excluding hydrogens is 308 g/mol. The van der Waals surface area contributed by atoms with E-state index in [0.29, 0.717) is 12.3 Å². The first-order valence-electron chi connectivity index (χ1n) is 6.11. The minimum Gasteiger partial charge on any atom is -0.312 e. The molecule has 1 aliphatic rings. The highest BCUT2D eigenvalue weighted by Gasteiger charge is 2.29. The Morgan fingerprint density at radius 2 is 2.00 bits per heavy atom. The van der Waals surface area contributed by atoms with E-state index in [9.17, 15) is 4.79 Å². The van der Waals surface area contributed by atoms with E-state index >= 15 is 0 Å². The van der Waals surface area contributed by atoms with E-state index in [4.69, 9.17) is 0 Å². The van der Waals surface area contributed by atoms with Crippen LogP contribution in [-0.2, 0) is 4.79 Å². The summed E-state index contributed by atoms with van der Waals surface area (Å²) < 4.78 is 0. The van der Waals surface area contributed by atoms with Crippen molar-refractivity contribution in [1.29, 1.82) is 0 Å². The van der Waals surface area contributed by atoms with Crippen LogP contribution in [-0.4, -0.2) is 32.8 Å². The van der Waals surface area contributed by atoms with Crippen molar-refractivity contribution in [2.75, 3.05) is 16.8 Å². The predicted molar refractivity (Wildman–Crippen MR) is 75.6 cm³/mol. The lowest BCUT2D eigenvalue weighted by Crippen LogP contribution is -2.24. The van der Waals surface area contributed by atoms with Gasteiger partial charge in [0.15, 0.2) is 0 Å². The van der Waals surface area contributed by atoms with Crippen LogP contribution in [0.5, 0.6) is 0 Å². The fourth-order valence-corrected chi connectivity index (χ4v) is 2.70. The van der Waals surface area contributed by atoms with Crippen LogP contribution in [0.25, 0.3) is 5.69 Å². The van der Waals surface area contributed by atoms with Gasteiger partial charge in [-0.2, -0.15) is 15.0 Å². The molecule has 0 radical (unpaired) electrons.